The molecule has 0 spiro atoms. The summed E-state index contributed by atoms with van der Waals surface area (Å²) in [5.74, 6) is 1.65. The number of H-pyrrole nitrogens is 1. The number of nitrogens with zero attached hydrogens (tertiary/aromatic N) is 1. The van der Waals surface area contributed by atoms with Crippen molar-refractivity contribution in [3.63, 3.8) is 0 Å². The average Bonchev–Trinajstić information content (AvgIpc) is 2.80. The van der Waals surface area contributed by atoms with Crippen molar-refractivity contribution in [2.45, 2.75) is 26.8 Å². The third kappa shape index (κ3) is 2.53. The fourth-order valence-electron chi connectivity index (χ4n) is 2.36. The van der Waals surface area contributed by atoms with Crippen molar-refractivity contribution >= 4 is 15.9 Å². The number of aromatic amines is 1. The summed E-state index contributed by atoms with van der Waals surface area (Å²) in [5, 5.41) is 0. The zero-order valence-corrected chi connectivity index (χ0v) is 13.1. The Morgan fingerprint density at radius 1 is 1.32 bits per heavy atom. The maximum Gasteiger partial charge on any atom is 0.128 e. The van der Waals surface area contributed by atoms with Gasteiger partial charge < -0.3 is 15.5 Å². The van der Waals surface area contributed by atoms with Crippen LogP contribution in [0.5, 0.6) is 5.75 Å². The van der Waals surface area contributed by atoms with E-state index in [2.05, 4.69) is 32.8 Å². The molecule has 0 bridgehead atoms. The van der Waals surface area contributed by atoms with Crippen molar-refractivity contribution in [1.29, 1.82) is 0 Å². The number of hydrogen-bond donors (Lipinski definition) is 2. The molecule has 19 heavy (non-hydrogen) atoms. The summed E-state index contributed by atoms with van der Waals surface area (Å²) in [6, 6.07) is 1.76. The molecule has 5 heteroatoms. The summed E-state index contributed by atoms with van der Waals surface area (Å²) in [6.07, 6.45) is 1.72. The van der Waals surface area contributed by atoms with Crippen LogP contribution in [0.3, 0.4) is 0 Å². The van der Waals surface area contributed by atoms with Crippen molar-refractivity contribution < 1.29 is 4.74 Å². The van der Waals surface area contributed by atoms with E-state index in [1.165, 1.54) is 0 Å². The monoisotopic (exact) mass is 323 g/mol. The van der Waals surface area contributed by atoms with Crippen LogP contribution < -0.4 is 10.5 Å². The standard InChI is InChI=1S/C14H18BrN3O/c1-7-5-10(19-4)8(2)9(3)12(7)13(16)14-17-6-11(15)18-14/h5-6,13H,16H2,1-4H3,(H,17,18). The van der Waals surface area contributed by atoms with E-state index in [4.69, 9.17) is 10.5 Å². The molecule has 2 rings (SSSR count). The van der Waals surface area contributed by atoms with E-state index in [-0.39, 0.29) is 6.04 Å². The van der Waals surface area contributed by atoms with Gasteiger partial charge in [0.1, 0.15) is 16.2 Å². The molecule has 0 saturated heterocycles. The Kier molecular flexibility index (Phi) is 3.96. The molecule has 3 N–H and O–H groups in total. The number of methoxy groups -OCH3 is 1. The summed E-state index contributed by atoms with van der Waals surface area (Å²) >= 11 is 3.35. The van der Waals surface area contributed by atoms with Crippen molar-refractivity contribution in [1.82, 2.24) is 9.97 Å². The van der Waals surface area contributed by atoms with Crippen molar-refractivity contribution in [3.05, 3.63) is 44.9 Å². The number of aromatic nitrogens is 2. The maximum absolute atomic E-state index is 6.34. The molecule has 1 aromatic heterocycles. The minimum atomic E-state index is -0.268. The Morgan fingerprint density at radius 3 is 2.53 bits per heavy atom. The number of benzene rings is 1. The lowest BCUT2D eigenvalue weighted by Gasteiger charge is -2.19. The molecule has 0 aliphatic heterocycles. The normalized spacial score (nSPS) is 12.5. The Hall–Kier alpha value is -1.33. The molecule has 1 aromatic carbocycles. The minimum absolute atomic E-state index is 0.268. The molecule has 1 heterocycles. The highest BCUT2D eigenvalue weighted by Gasteiger charge is 2.19. The zero-order chi connectivity index (χ0) is 14.2. The van der Waals surface area contributed by atoms with Gasteiger partial charge in [-0.3, -0.25) is 0 Å². The third-order valence-electron chi connectivity index (χ3n) is 3.50. The van der Waals surface area contributed by atoms with Crippen molar-refractivity contribution in [2.75, 3.05) is 7.11 Å². The minimum Gasteiger partial charge on any atom is -0.496 e. The van der Waals surface area contributed by atoms with Crippen LogP contribution in [0, 0.1) is 20.8 Å². The number of ether oxygens (including phenoxy) is 1. The van der Waals surface area contributed by atoms with Crippen LogP contribution in [0.2, 0.25) is 0 Å². The van der Waals surface area contributed by atoms with Gasteiger partial charge in [-0.25, -0.2) is 4.98 Å². The van der Waals surface area contributed by atoms with Crippen LogP contribution in [0.15, 0.2) is 16.9 Å². The fraction of sp³-hybridized carbons (Fsp3) is 0.357. The topological polar surface area (TPSA) is 63.9 Å². The van der Waals surface area contributed by atoms with E-state index in [1.54, 1.807) is 13.3 Å². The Labute approximate surface area is 121 Å². The molecule has 0 aliphatic carbocycles. The molecule has 1 unspecified atom stereocenters. The summed E-state index contributed by atoms with van der Waals surface area (Å²) in [4.78, 5) is 7.41. The quantitative estimate of drug-likeness (QED) is 0.911. The fourth-order valence-corrected chi connectivity index (χ4v) is 2.67. The molecule has 0 radical (unpaired) electrons. The van der Waals surface area contributed by atoms with Crippen LogP contribution in [0.25, 0.3) is 0 Å². The second kappa shape index (κ2) is 5.35. The summed E-state index contributed by atoms with van der Waals surface area (Å²) in [7, 11) is 1.68. The molecule has 0 aliphatic rings. The lowest BCUT2D eigenvalue weighted by molar-refractivity contribution is 0.410. The van der Waals surface area contributed by atoms with Crippen LogP contribution in [0.4, 0.5) is 0 Å². The molecule has 0 amide bonds. The van der Waals surface area contributed by atoms with Gasteiger partial charge in [-0.15, -0.1) is 0 Å². The van der Waals surface area contributed by atoms with Crippen LogP contribution >= 0.6 is 15.9 Å². The molecule has 0 fully saturated rings. The van der Waals surface area contributed by atoms with Crippen molar-refractivity contribution in [2.24, 2.45) is 5.73 Å². The van der Waals surface area contributed by atoms with Gasteiger partial charge in [0.05, 0.1) is 19.3 Å². The van der Waals surface area contributed by atoms with Gasteiger partial charge in [-0.05, 0) is 65.0 Å². The van der Waals surface area contributed by atoms with Gasteiger partial charge in [-0.2, -0.15) is 0 Å². The van der Waals surface area contributed by atoms with E-state index in [0.29, 0.717) is 0 Å². The van der Waals surface area contributed by atoms with E-state index in [9.17, 15) is 0 Å². The Bertz CT molecular complexity index is 607. The van der Waals surface area contributed by atoms with E-state index >= 15 is 0 Å². The molecule has 2 aromatic rings. The zero-order valence-electron chi connectivity index (χ0n) is 11.5. The second-order valence-corrected chi connectivity index (χ2v) is 5.51. The maximum atomic E-state index is 6.34. The van der Waals surface area contributed by atoms with Gasteiger partial charge >= 0.3 is 0 Å². The number of imidazole rings is 1. The van der Waals surface area contributed by atoms with Crippen LogP contribution in [-0.2, 0) is 0 Å². The number of nitrogens with one attached hydrogen (secondary N) is 1. The van der Waals surface area contributed by atoms with Gasteiger partial charge in [0, 0.05) is 0 Å². The summed E-state index contributed by atoms with van der Waals surface area (Å²) < 4.78 is 6.21. The lowest BCUT2D eigenvalue weighted by Crippen LogP contribution is -2.17. The van der Waals surface area contributed by atoms with Gasteiger partial charge in [-0.1, -0.05) is 0 Å². The highest BCUT2D eigenvalue weighted by molar-refractivity contribution is 9.10. The first-order valence-corrected chi connectivity index (χ1v) is 6.85. The van der Waals surface area contributed by atoms with E-state index in [1.807, 2.05) is 19.9 Å². The molecule has 4 nitrogen and oxygen atoms in total. The number of hydrogen-bond acceptors (Lipinski definition) is 3. The largest absolute Gasteiger partial charge is 0.496 e. The number of rotatable bonds is 3. The predicted octanol–water partition coefficient (Wildman–Crippen LogP) is 3.15. The van der Waals surface area contributed by atoms with Crippen molar-refractivity contribution in [3.8, 4) is 5.75 Å². The Morgan fingerprint density at radius 2 is 2.00 bits per heavy atom. The highest BCUT2D eigenvalue weighted by atomic mass is 79.9. The molecule has 1 atom stereocenters. The Balaban J connectivity index is 2.53. The number of halogens is 1. The SMILES string of the molecule is COc1cc(C)c(C(N)c2ncc(Br)[nH]2)c(C)c1C. The molecular weight excluding hydrogens is 306 g/mol. The predicted molar refractivity (Wildman–Crippen MR) is 79.5 cm³/mol. The summed E-state index contributed by atoms with van der Waals surface area (Å²) in [6.45, 7) is 6.15. The van der Waals surface area contributed by atoms with Gasteiger partial charge in [0.2, 0.25) is 0 Å². The second-order valence-electron chi connectivity index (χ2n) is 4.65. The van der Waals surface area contributed by atoms with Gasteiger partial charge in [0.15, 0.2) is 0 Å². The average molecular weight is 324 g/mol. The van der Waals surface area contributed by atoms with E-state index in [0.717, 1.165) is 38.4 Å². The van der Waals surface area contributed by atoms with Crippen LogP contribution in [0.1, 0.15) is 34.1 Å². The molecule has 0 saturated carbocycles. The number of aryl methyl sites for hydroxylation is 1. The smallest absolute Gasteiger partial charge is 0.128 e. The highest BCUT2D eigenvalue weighted by Crippen LogP contribution is 2.32. The summed E-state index contributed by atoms with van der Waals surface area (Å²) in [5.41, 5.74) is 10.8. The first-order chi connectivity index (χ1) is 8.95. The molecule has 102 valence electrons. The first-order valence-electron chi connectivity index (χ1n) is 6.06. The van der Waals surface area contributed by atoms with E-state index < -0.39 is 0 Å². The molecular formula is C14H18BrN3O. The lowest BCUT2D eigenvalue weighted by atomic mass is 9.92. The van der Waals surface area contributed by atoms with Gasteiger partial charge in [0.25, 0.3) is 0 Å². The third-order valence-corrected chi connectivity index (χ3v) is 3.90. The van der Waals surface area contributed by atoms with Crippen LogP contribution in [-0.4, -0.2) is 17.1 Å². The first kappa shape index (κ1) is 14.1. The number of nitrogens with two attached hydrogens (primary N) is 1.